The smallest absolute Gasteiger partial charge is 0.0683 e. The maximum atomic E-state index is 10.0. The van der Waals surface area contributed by atoms with E-state index in [0.717, 1.165) is 5.56 Å². The van der Waals surface area contributed by atoms with Crippen molar-refractivity contribution >= 4 is 0 Å². The molecule has 1 aromatic rings. The Labute approximate surface area is 79.4 Å². The molecule has 1 atom stereocenters. The van der Waals surface area contributed by atoms with Crippen molar-refractivity contribution in [3.63, 3.8) is 0 Å². The van der Waals surface area contributed by atoms with Crippen LogP contribution in [0.4, 0.5) is 0 Å². The third kappa shape index (κ3) is 2.56. The van der Waals surface area contributed by atoms with Crippen molar-refractivity contribution in [3.05, 3.63) is 18.0 Å². The fourth-order valence-electron chi connectivity index (χ4n) is 1.18. The van der Waals surface area contributed by atoms with E-state index in [1.807, 2.05) is 34.0 Å². The van der Waals surface area contributed by atoms with Crippen LogP contribution in [0.5, 0.6) is 0 Å². The number of aryl methyl sites for hydroxylation is 1. The third-order valence-corrected chi connectivity index (χ3v) is 2.56. The van der Waals surface area contributed by atoms with Crippen molar-refractivity contribution in [2.24, 2.45) is 13.0 Å². The van der Waals surface area contributed by atoms with Crippen LogP contribution in [0.2, 0.25) is 0 Å². The molecule has 0 spiro atoms. The molecule has 3 heteroatoms. The van der Waals surface area contributed by atoms with Gasteiger partial charge in [0, 0.05) is 19.7 Å². The second kappa shape index (κ2) is 3.50. The lowest BCUT2D eigenvalue weighted by atomic mass is 9.87. The molecule has 0 aliphatic carbocycles. The van der Waals surface area contributed by atoms with Crippen LogP contribution in [-0.2, 0) is 13.5 Å². The lowest BCUT2D eigenvalue weighted by Gasteiger charge is -2.26. The number of aromatic nitrogens is 2. The van der Waals surface area contributed by atoms with E-state index in [1.54, 1.807) is 10.9 Å². The maximum absolute atomic E-state index is 10.0. The predicted octanol–water partition coefficient (Wildman–Crippen LogP) is 1.37. The van der Waals surface area contributed by atoms with E-state index in [4.69, 9.17) is 0 Å². The van der Waals surface area contributed by atoms with Gasteiger partial charge in [0.2, 0.25) is 0 Å². The predicted molar refractivity (Wildman–Crippen MR) is 52.4 cm³/mol. The Hall–Kier alpha value is -0.830. The van der Waals surface area contributed by atoms with Gasteiger partial charge < -0.3 is 5.11 Å². The topological polar surface area (TPSA) is 38.1 Å². The van der Waals surface area contributed by atoms with Crippen LogP contribution in [0.25, 0.3) is 0 Å². The van der Waals surface area contributed by atoms with Gasteiger partial charge in [0.1, 0.15) is 0 Å². The highest BCUT2D eigenvalue weighted by Gasteiger charge is 2.25. The first-order valence-electron chi connectivity index (χ1n) is 4.62. The van der Waals surface area contributed by atoms with Gasteiger partial charge in [-0.25, -0.2) is 0 Å². The molecule has 1 heterocycles. The van der Waals surface area contributed by atoms with Crippen LogP contribution in [0, 0.1) is 5.92 Å². The maximum Gasteiger partial charge on any atom is 0.0683 e. The Morgan fingerprint density at radius 2 is 2.23 bits per heavy atom. The summed E-state index contributed by atoms with van der Waals surface area (Å²) in [6, 6.07) is 0. The Kier molecular flexibility index (Phi) is 2.76. The van der Waals surface area contributed by atoms with Gasteiger partial charge in [-0.15, -0.1) is 0 Å². The van der Waals surface area contributed by atoms with Crippen molar-refractivity contribution < 1.29 is 5.11 Å². The van der Waals surface area contributed by atoms with Crippen molar-refractivity contribution in [1.29, 1.82) is 0 Å². The monoisotopic (exact) mass is 182 g/mol. The highest BCUT2D eigenvalue weighted by Crippen LogP contribution is 2.20. The number of hydrogen-bond donors (Lipinski definition) is 1. The molecule has 1 aromatic heterocycles. The van der Waals surface area contributed by atoms with Gasteiger partial charge in [-0.05, 0) is 18.4 Å². The van der Waals surface area contributed by atoms with Crippen LogP contribution in [0.3, 0.4) is 0 Å². The zero-order valence-corrected chi connectivity index (χ0v) is 8.78. The minimum absolute atomic E-state index is 0.257. The van der Waals surface area contributed by atoms with Crippen LogP contribution in [-0.4, -0.2) is 20.5 Å². The van der Waals surface area contributed by atoms with E-state index in [-0.39, 0.29) is 5.92 Å². The molecule has 0 amide bonds. The van der Waals surface area contributed by atoms with E-state index in [1.165, 1.54) is 0 Å². The molecule has 1 rings (SSSR count). The largest absolute Gasteiger partial charge is 0.390 e. The highest BCUT2D eigenvalue weighted by molar-refractivity contribution is 5.07. The van der Waals surface area contributed by atoms with Crippen LogP contribution < -0.4 is 0 Å². The Morgan fingerprint density at radius 1 is 1.62 bits per heavy atom. The number of nitrogens with zero attached hydrogens (tertiary/aromatic N) is 2. The molecule has 3 nitrogen and oxygen atoms in total. The zero-order chi connectivity index (χ0) is 10.1. The summed E-state index contributed by atoms with van der Waals surface area (Å²) in [5.41, 5.74) is 0.449. The van der Waals surface area contributed by atoms with Gasteiger partial charge >= 0.3 is 0 Å². The summed E-state index contributed by atoms with van der Waals surface area (Å²) in [6.45, 7) is 5.91. The van der Waals surface area contributed by atoms with E-state index >= 15 is 0 Å². The summed E-state index contributed by atoms with van der Waals surface area (Å²) in [5.74, 6) is 0.257. The molecular formula is C10H18N2O. The molecule has 0 saturated carbocycles. The third-order valence-electron chi connectivity index (χ3n) is 2.56. The SMILES string of the molecule is CC(C)C(C)(O)Cc1cnn(C)c1. The van der Waals surface area contributed by atoms with Crippen LogP contribution >= 0.6 is 0 Å². The quantitative estimate of drug-likeness (QED) is 0.766. The second-order valence-corrected chi connectivity index (χ2v) is 4.21. The van der Waals surface area contributed by atoms with Crippen LogP contribution in [0.1, 0.15) is 26.3 Å². The number of aliphatic hydroxyl groups is 1. The molecule has 1 N–H and O–H groups in total. The summed E-state index contributed by atoms with van der Waals surface area (Å²) in [5, 5.41) is 14.1. The fourth-order valence-corrected chi connectivity index (χ4v) is 1.18. The second-order valence-electron chi connectivity index (χ2n) is 4.21. The van der Waals surface area contributed by atoms with Gasteiger partial charge in [-0.1, -0.05) is 13.8 Å². The fraction of sp³-hybridized carbons (Fsp3) is 0.700. The average molecular weight is 182 g/mol. The van der Waals surface area contributed by atoms with Crippen molar-refractivity contribution in [1.82, 2.24) is 9.78 Å². The number of rotatable bonds is 3. The Morgan fingerprint density at radius 3 is 2.62 bits per heavy atom. The molecule has 0 saturated heterocycles. The van der Waals surface area contributed by atoms with Crippen molar-refractivity contribution in [3.8, 4) is 0 Å². The van der Waals surface area contributed by atoms with E-state index in [0.29, 0.717) is 6.42 Å². The zero-order valence-electron chi connectivity index (χ0n) is 8.78. The van der Waals surface area contributed by atoms with E-state index in [9.17, 15) is 5.11 Å². The summed E-state index contributed by atoms with van der Waals surface area (Å²) < 4.78 is 1.76. The molecule has 0 aliphatic rings. The Bertz CT molecular complexity index is 276. The lowest BCUT2D eigenvalue weighted by Crippen LogP contribution is -2.33. The van der Waals surface area contributed by atoms with Gasteiger partial charge in [-0.2, -0.15) is 5.10 Å². The van der Waals surface area contributed by atoms with Crippen molar-refractivity contribution in [2.75, 3.05) is 0 Å². The summed E-state index contributed by atoms with van der Waals surface area (Å²) in [7, 11) is 1.88. The molecule has 0 radical (unpaired) electrons. The molecule has 13 heavy (non-hydrogen) atoms. The van der Waals surface area contributed by atoms with Gasteiger partial charge in [-0.3, -0.25) is 4.68 Å². The summed E-state index contributed by atoms with van der Waals surface area (Å²) >= 11 is 0. The summed E-state index contributed by atoms with van der Waals surface area (Å²) in [6.07, 6.45) is 4.41. The molecule has 0 fully saturated rings. The van der Waals surface area contributed by atoms with Gasteiger partial charge in [0.15, 0.2) is 0 Å². The average Bonchev–Trinajstić information content (AvgIpc) is 2.34. The van der Waals surface area contributed by atoms with Crippen LogP contribution in [0.15, 0.2) is 12.4 Å². The molecule has 0 bridgehead atoms. The Balaban J connectivity index is 2.68. The molecule has 1 unspecified atom stereocenters. The normalized spacial score (nSPS) is 16.2. The van der Waals surface area contributed by atoms with Crippen molar-refractivity contribution in [2.45, 2.75) is 32.8 Å². The van der Waals surface area contributed by atoms with E-state index < -0.39 is 5.60 Å². The lowest BCUT2D eigenvalue weighted by molar-refractivity contribution is 0.0139. The highest BCUT2D eigenvalue weighted by atomic mass is 16.3. The van der Waals surface area contributed by atoms with E-state index in [2.05, 4.69) is 5.10 Å². The molecule has 74 valence electrons. The standard InChI is InChI=1S/C10H18N2O/c1-8(2)10(3,13)5-9-6-11-12(4)7-9/h6-8,13H,5H2,1-4H3. The minimum Gasteiger partial charge on any atom is -0.390 e. The number of hydrogen-bond acceptors (Lipinski definition) is 2. The molecule has 0 aliphatic heterocycles. The first-order chi connectivity index (χ1) is 5.92. The summed E-state index contributed by atoms with van der Waals surface area (Å²) in [4.78, 5) is 0. The molecular weight excluding hydrogens is 164 g/mol. The van der Waals surface area contributed by atoms with Gasteiger partial charge in [0.05, 0.1) is 11.8 Å². The minimum atomic E-state index is -0.636. The first-order valence-corrected chi connectivity index (χ1v) is 4.62. The molecule has 0 aromatic carbocycles. The van der Waals surface area contributed by atoms with Gasteiger partial charge in [0.25, 0.3) is 0 Å². The first kappa shape index (κ1) is 10.3.